The first-order chi connectivity index (χ1) is 12.3. The molecular formula is C17H28N5O3P. The number of ether oxygens (including phenoxy) is 1. The van der Waals surface area contributed by atoms with Crippen molar-refractivity contribution >= 4 is 30.2 Å². The Kier molecular flexibility index (Phi) is 5.67. The van der Waals surface area contributed by atoms with Crippen LogP contribution in [0.3, 0.4) is 0 Å². The topological polar surface area (TPSA) is 105 Å². The van der Waals surface area contributed by atoms with Crippen LogP contribution in [0.5, 0.6) is 0 Å². The molecule has 3 N–H and O–H groups in total. The predicted molar refractivity (Wildman–Crippen MR) is 105 cm³/mol. The maximum atomic E-state index is 10.5. The summed E-state index contributed by atoms with van der Waals surface area (Å²) in [5.41, 5.74) is 1.19. The minimum atomic E-state index is -1.22. The van der Waals surface area contributed by atoms with Gasteiger partial charge in [-0.1, -0.05) is 6.92 Å². The van der Waals surface area contributed by atoms with Crippen molar-refractivity contribution in [1.82, 2.24) is 19.5 Å². The van der Waals surface area contributed by atoms with Crippen molar-refractivity contribution in [2.45, 2.75) is 44.3 Å². The molecule has 9 heteroatoms. The van der Waals surface area contributed by atoms with E-state index in [1.165, 1.54) is 6.33 Å². The molecule has 26 heavy (non-hydrogen) atoms. The Bertz CT molecular complexity index is 805. The first-order valence-corrected chi connectivity index (χ1v) is 12.0. The van der Waals surface area contributed by atoms with Crippen LogP contribution in [-0.4, -0.2) is 80.4 Å². The molecule has 0 aromatic carbocycles. The molecule has 1 aliphatic heterocycles. The van der Waals surface area contributed by atoms with Gasteiger partial charge in [-0.05, 0) is 32.3 Å². The van der Waals surface area contributed by atoms with Crippen LogP contribution in [0, 0.1) is 0 Å². The molecule has 0 spiro atoms. The summed E-state index contributed by atoms with van der Waals surface area (Å²) >= 11 is 0. The van der Waals surface area contributed by atoms with E-state index >= 15 is 0 Å². The van der Waals surface area contributed by atoms with Crippen LogP contribution < -0.4 is 5.32 Å². The zero-order chi connectivity index (χ0) is 18.9. The van der Waals surface area contributed by atoms with Gasteiger partial charge in [-0.15, -0.1) is 13.2 Å². The SMILES string of the molecule is C=P(C)(C)CCC1OC(n2cnc3c(NCCC)ncnc32)[C@H](O)[C@@H]1O. The fraction of sp³-hybridized carbons (Fsp3) is 0.647. The van der Waals surface area contributed by atoms with Crippen molar-refractivity contribution in [2.24, 2.45) is 0 Å². The van der Waals surface area contributed by atoms with Crippen molar-refractivity contribution in [2.75, 3.05) is 31.4 Å². The number of imidazole rings is 1. The van der Waals surface area contributed by atoms with Crippen LogP contribution in [-0.2, 0) is 4.74 Å². The van der Waals surface area contributed by atoms with Crippen LogP contribution in [0.15, 0.2) is 12.7 Å². The molecule has 4 atom stereocenters. The lowest BCUT2D eigenvalue weighted by atomic mass is 10.1. The van der Waals surface area contributed by atoms with Gasteiger partial charge in [0.2, 0.25) is 0 Å². The Balaban J connectivity index is 1.83. The van der Waals surface area contributed by atoms with E-state index in [1.54, 1.807) is 10.9 Å². The standard InChI is InChI=1S/C17H28N5O3P/c1-5-7-18-15-12-16(20-9-19-15)22(10-21-12)17-14(24)13(23)11(25-17)6-8-26(2,3)4/h9-11,13-14,17,23-24H,2,5-8H2,1,3-4H3,(H,18,19,20)/t11?,13-,14-,17?/m1/s1. The summed E-state index contributed by atoms with van der Waals surface area (Å²) in [7, 11) is 0. The van der Waals surface area contributed by atoms with E-state index in [2.05, 4.69) is 46.8 Å². The molecule has 8 nitrogen and oxygen atoms in total. The second kappa shape index (κ2) is 7.64. The molecule has 0 aliphatic carbocycles. The van der Waals surface area contributed by atoms with Gasteiger partial charge in [0.25, 0.3) is 0 Å². The molecular weight excluding hydrogens is 353 g/mol. The number of aliphatic hydroxyl groups is 2. The van der Waals surface area contributed by atoms with Gasteiger partial charge in [-0.25, -0.2) is 15.0 Å². The van der Waals surface area contributed by atoms with Crippen LogP contribution in [0.1, 0.15) is 26.0 Å². The maximum Gasteiger partial charge on any atom is 0.167 e. The summed E-state index contributed by atoms with van der Waals surface area (Å²) in [5, 5.41) is 24.1. The van der Waals surface area contributed by atoms with E-state index in [-0.39, 0.29) is 0 Å². The number of hydrogen-bond acceptors (Lipinski definition) is 7. The molecule has 144 valence electrons. The Morgan fingerprint density at radius 2 is 2.04 bits per heavy atom. The van der Waals surface area contributed by atoms with E-state index in [0.29, 0.717) is 23.4 Å². The lowest BCUT2D eigenvalue weighted by Gasteiger charge is -2.18. The van der Waals surface area contributed by atoms with Gasteiger partial charge in [0, 0.05) is 6.54 Å². The third-order valence-corrected chi connectivity index (χ3v) is 6.00. The molecule has 1 saturated heterocycles. The summed E-state index contributed by atoms with van der Waals surface area (Å²) in [6, 6.07) is 0. The molecule has 2 aromatic rings. The lowest BCUT2D eigenvalue weighted by molar-refractivity contribution is -0.0353. The highest BCUT2D eigenvalue weighted by Crippen LogP contribution is 2.40. The summed E-state index contributed by atoms with van der Waals surface area (Å²) in [5.74, 6) is 0.656. The number of rotatable bonds is 7. The zero-order valence-electron chi connectivity index (χ0n) is 15.5. The van der Waals surface area contributed by atoms with Crippen LogP contribution in [0.25, 0.3) is 11.2 Å². The Hall–Kier alpha value is -1.47. The number of aliphatic hydroxyl groups excluding tert-OH is 2. The van der Waals surface area contributed by atoms with E-state index in [9.17, 15) is 10.2 Å². The largest absolute Gasteiger partial charge is 0.388 e. The van der Waals surface area contributed by atoms with E-state index in [0.717, 1.165) is 19.1 Å². The fourth-order valence-electron chi connectivity index (χ4n) is 3.09. The summed E-state index contributed by atoms with van der Waals surface area (Å²) in [6.07, 6.45) is 6.65. The van der Waals surface area contributed by atoms with Crippen LogP contribution >= 0.6 is 6.89 Å². The van der Waals surface area contributed by atoms with Gasteiger partial charge in [-0.3, -0.25) is 4.57 Å². The van der Waals surface area contributed by atoms with Crippen molar-refractivity contribution < 1.29 is 14.9 Å². The number of anilines is 1. The number of fused-ring (bicyclic) bond motifs is 1. The minimum Gasteiger partial charge on any atom is -0.388 e. The van der Waals surface area contributed by atoms with E-state index < -0.39 is 31.4 Å². The summed E-state index contributed by atoms with van der Waals surface area (Å²) in [6.45, 7) is 5.93. The smallest absolute Gasteiger partial charge is 0.167 e. The van der Waals surface area contributed by atoms with E-state index in [1.807, 2.05) is 0 Å². The molecule has 2 aromatic heterocycles. The van der Waals surface area contributed by atoms with Gasteiger partial charge < -0.3 is 20.3 Å². The molecule has 1 fully saturated rings. The maximum absolute atomic E-state index is 10.5. The Morgan fingerprint density at radius 1 is 1.27 bits per heavy atom. The summed E-state index contributed by atoms with van der Waals surface area (Å²) < 4.78 is 7.66. The van der Waals surface area contributed by atoms with Crippen molar-refractivity contribution in [1.29, 1.82) is 0 Å². The van der Waals surface area contributed by atoms with Gasteiger partial charge in [0.1, 0.15) is 18.5 Å². The van der Waals surface area contributed by atoms with Gasteiger partial charge >= 0.3 is 0 Å². The van der Waals surface area contributed by atoms with Gasteiger partial charge in [-0.2, -0.15) is 0 Å². The molecule has 3 heterocycles. The Labute approximate surface area is 153 Å². The fourth-order valence-corrected chi connectivity index (χ4v) is 4.04. The highest BCUT2D eigenvalue weighted by Gasteiger charge is 2.44. The van der Waals surface area contributed by atoms with Gasteiger partial charge in [0.05, 0.1) is 12.4 Å². The van der Waals surface area contributed by atoms with Crippen molar-refractivity contribution in [3.05, 3.63) is 12.7 Å². The third-order valence-electron chi connectivity index (χ3n) is 4.53. The van der Waals surface area contributed by atoms with Crippen molar-refractivity contribution in [3.63, 3.8) is 0 Å². The first kappa shape index (κ1) is 19.3. The molecule has 2 unspecified atom stereocenters. The molecule has 1 aliphatic rings. The highest BCUT2D eigenvalue weighted by molar-refractivity contribution is 7.72. The first-order valence-electron chi connectivity index (χ1n) is 8.92. The lowest BCUT2D eigenvalue weighted by Crippen LogP contribution is -2.31. The molecule has 0 amide bonds. The second-order valence-corrected chi connectivity index (χ2v) is 11.8. The van der Waals surface area contributed by atoms with Gasteiger partial charge in [0.15, 0.2) is 23.2 Å². The monoisotopic (exact) mass is 381 g/mol. The highest BCUT2D eigenvalue weighted by atomic mass is 31.2. The number of aromatic nitrogens is 4. The number of nitrogens with zero attached hydrogens (tertiary/aromatic N) is 4. The predicted octanol–water partition coefficient (Wildman–Crippen LogP) is 1.37. The normalized spacial score (nSPS) is 26.5. The quantitative estimate of drug-likeness (QED) is 0.622. The third kappa shape index (κ3) is 3.93. The van der Waals surface area contributed by atoms with E-state index in [4.69, 9.17) is 4.74 Å². The number of nitrogens with one attached hydrogen (secondary N) is 1. The number of hydrogen-bond donors (Lipinski definition) is 3. The minimum absolute atomic E-state index is 0.423. The van der Waals surface area contributed by atoms with Crippen molar-refractivity contribution in [3.8, 4) is 0 Å². The molecule has 0 bridgehead atoms. The Morgan fingerprint density at radius 3 is 2.73 bits per heavy atom. The van der Waals surface area contributed by atoms with Crippen LogP contribution in [0.4, 0.5) is 5.82 Å². The summed E-state index contributed by atoms with van der Waals surface area (Å²) in [4.78, 5) is 12.9. The molecule has 0 radical (unpaired) electrons. The molecule has 3 rings (SSSR count). The molecule has 0 saturated carbocycles. The zero-order valence-corrected chi connectivity index (χ0v) is 16.4. The second-order valence-electron chi connectivity index (χ2n) is 7.47. The van der Waals surface area contributed by atoms with Crippen LogP contribution in [0.2, 0.25) is 0 Å². The average Bonchev–Trinajstić information content (AvgIpc) is 3.13. The average molecular weight is 381 g/mol.